The largest absolute Gasteiger partial charge is 0.481 e. The van der Waals surface area contributed by atoms with E-state index in [1.165, 1.54) is 56.7 Å². The number of halogens is 4. The minimum atomic E-state index is -4.85. The predicted octanol–water partition coefficient (Wildman–Crippen LogP) is 7.71. The number of carbonyl (C=O) groups excluding carboxylic acids is 2. The zero-order valence-electron chi connectivity index (χ0n) is 28.5. The van der Waals surface area contributed by atoms with Gasteiger partial charge in [0, 0.05) is 59.7 Å². The molecule has 0 bridgehead atoms. The molecule has 1 aliphatic heterocycles. The van der Waals surface area contributed by atoms with Gasteiger partial charge in [-0.2, -0.15) is 13.2 Å². The van der Waals surface area contributed by atoms with Crippen LogP contribution >= 0.6 is 0 Å². The molecule has 1 saturated heterocycles. The second-order valence-corrected chi connectivity index (χ2v) is 13.1. The number of benzene rings is 2. The fourth-order valence-corrected chi connectivity index (χ4v) is 7.06. The molecule has 51 heavy (non-hydrogen) atoms. The molecule has 1 saturated carbocycles. The summed E-state index contributed by atoms with van der Waals surface area (Å²) in [5.41, 5.74) is -0.0569. The molecule has 2 aromatic heterocycles. The Morgan fingerprint density at radius 2 is 1.47 bits per heavy atom. The van der Waals surface area contributed by atoms with Crippen molar-refractivity contribution in [3.05, 3.63) is 83.2 Å². The molecule has 2 aromatic carbocycles. The van der Waals surface area contributed by atoms with E-state index in [9.17, 15) is 22.8 Å². The Kier molecular flexibility index (Phi) is 11.0. The third-order valence-corrected chi connectivity index (χ3v) is 9.63. The number of ketones is 1. The Labute approximate surface area is 294 Å². The number of hydrogen-bond acceptors (Lipinski definition) is 7. The van der Waals surface area contributed by atoms with E-state index < -0.39 is 17.6 Å². The average molecular weight is 705 g/mol. The van der Waals surface area contributed by atoms with Crippen LogP contribution in [0.1, 0.15) is 61.6 Å². The lowest BCUT2D eigenvalue weighted by Crippen LogP contribution is -2.25. The molecular formula is C39H40F4N4O4. The van der Waals surface area contributed by atoms with Gasteiger partial charge in [0.1, 0.15) is 11.6 Å². The summed E-state index contributed by atoms with van der Waals surface area (Å²) >= 11 is 0. The number of methoxy groups -OCH3 is 2. The summed E-state index contributed by atoms with van der Waals surface area (Å²) in [7, 11) is 2.87. The zero-order valence-corrected chi connectivity index (χ0v) is 28.5. The van der Waals surface area contributed by atoms with Crippen LogP contribution in [0.3, 0.4) is 0 Å². The van der Waals surface area contributed by atoms with E-state index in [4.69, 9.17) is 9.47 Å². The van der Waals surface area contributed by atoms with Crippen molar-refractivity contribution in [1.82, 2.24) is 20.6 Å². The molecule has 12 heteroatoms. The first kappa shape index (κ1) is 36.0. The molecule has 2 aliphatic rings. The number of pyridine rings is 2. The number of rotatable bonds is 13. The number of nitrogens with one attached hydrogen (secondary N) is 2. The lowest BCUT2D eigenvalue weighted by molar-refractivity contribution is -0.136. The van der Waals surface area contributed by atoms with Crippen molar-refractivity contribution in [3.63, 3.8) is 0 Å². The van der Waals surface area contributed by atoms with Crippen LogP contribution in [0.15, 0.2) is 60.7 Å². The third-order valence-electron chi connectivity index (χ3n) is 9.63. The number of carbonyl (C=O) groups is 2. The maximum atomic E-state index is 16.4. The van der Waals surface area contributed by atoms with Crippen molar-refractivity contribution in [1.29, 1.82) is 0 Å². The number of alkyl halides is 3. The van der Waals surface area contributed by atoms with Crippen molar-refractivity contribution in [2.45, 2.75) is 70.1 Å². The first-order chi connectivity index (χ1) is 24.5. The van der Waals surface area contributed by atoms with Crippen LogP contribution in [-0.2, 0) is 28.7 Å². The fourth-order valence-electron chi connectivity index (χ4n) is 7.06. The second-order valence-electron chi connectivity index (χ2n) is 13.1. The Morgan fingerprint density at radius 1 is 0.824 bits per heavy atom. The number of aromatic nitrogens is 2. The molecule has 2 N–H and O–H groups in total. The summed E-state index contributed by atoms with van der Waals surface area (Å²) in [4.78, 5) is 32.1. The summed E-state index contributed by atoms with van der Waals surface area (Å²) in [5.74, 6) is 0.196. The monoisotopic (exact) mass is 704 g/mol. The topological polar surface area (TPSA) is 102 Å². The van der Waals surface area contributed by atoms with Crippen molar-refractivity contribution in [2.75, 3.05) is 20.8 Å². The molecule has 0 spiro atoms. The van der Waals surface area contributed by atoms with Gasteiger partial charge in [0.2, 0.25) is 17.7 Å². The molecule has 1 aliphatic carbocycles. The quantitative estimate of drug-likeness (QED) is 0.138. The van der Waals surface area contributed by atoms with Gasteiger partial charge in [-0.05, 0) is 68.3 Å². The Hall–Kier alpha value is -4.84. The molecule has 6 rings (SSSR count). The Morgan fingerprint density at radius 3 is 2.12 bits per heavy atom. The Bertz CT molecular complexity index is 1920. The normalized spacial score (nSPS) is 17.5. The van der Waals surface area contributed by atoms with E-state index in [1.807, 2.05) is 0 Å². The smallest absolute Gasteiger partial charge is 0.417 e. The van der Waals surface area contributed by atoms with Crippen molar-refractivity contribution in [2.24, 2.45) is 5.92 Å². The van der Waals surface area contributed by atoms with E-state index >= 15 is 4.39 Å². The second kappa shape index (κ2) is 15.6. The van der Waals surface area contributed by atoms with Crippen LogP contribution in [0.4, 0.5) is 17.6 Å². The van der Waals surface area contributed by atoms with Gasteiger partial charge < -0.3 is 20.1 Å². The van der Waals surface area contributed by atoms with Crippen molar-refractivity contribution < 1.29 is 36.6 Å². The van der Waals surface area contributed by atoms with Crippen molar-refractivity contribution in [3.8, 4) is 45.4 Å². The van der Waals surface area contributed by atoms with Crippen LogP contribution in [0.25, 0.3) is 33.6 Å². The number of nitrogens with zero attached hydrogens (tertiary/aromatic N) is 2. The number of Topliss-reactive ketones (excluding diaryl/α,β-unsaturated/α-hetero) is 1. The van der Waals surface area contributed by atoms with Gasteiger partial charge in [0.15, 0.2) is 0 Å². The molecule has 268 valence electrons. The molecule has 0 radical (unpaired) electrons. The number of hydrogen-bond donors (Lipinski definition) is 2. The van der Waals surface area contributed by atoms with Crippen molar-refractivity contribution >= 4 is 11.7 Å². The SMILES string of the molecule is COc1nc(-c2cccc(-c3cccc(-c4ccc(CNC[C@@H]5CCC(=O)C5)c(OC)n4)c3C(F)(F)F)c2F)ccc1CCC[C@@H]1CCC(=O)N1. The third kappa shape index (κ3) is 8.22. The Balaban J connectivity index is 1.28. The van der Waals surface area contributed by atoms with Gasteiger partial charge in [0.25, 0.3) is 0 Å². The summed E-state index contributed by atoms with van der Waals surface area (Å²) in [6, 6.07) is 15.1. The summed E-state index contributed by atoms with van der Waals surface area (Å²) in [6.07, 6.45) is 0.677. The van der Waals surface area contributed by atoms with Gasteiger partial charge in [-0.25, -0.2) is 14.4 Å². The first-order valence-electron chi connectivity index (χ1n) is 17.1. The molecular weight excluding hydrogens is 664 g/mol. The maximum absolute atomic E-state index is 16.4. The van der Waals surface area contributed by atoms with Crippen LogP contribution in [0, 0.1) is 11.7 Å². The van der Waals surface area contributed by atoms with Gasteiger partial charge in [-0.1, -0.05) is 42.5 Å². The fraction of sp³-hybridized carbons (Fsp3) is 0.385. The number of amides is 1. The maximum Gasteiger partial charge on any atom is 0.417 e. The van der Waals surface area contributed by atoms with Crippen LogP contribution in [0.2, 0.25) is 0 Å². The molecule has 0 unspecified atom stereocenters. The number of aryl methyl sites for hydroxylation is 1. The minimum absolute atomic E-state index is 0.0278. The van der Waals surface area contributed by atoms with E-state index in [0.717, 1.165) is 31.2 Å². The van der Waals surface area contributed by atoms with Gasteiger partial charge >= 0.3 is 6.18 Å². The van der Waals surface area contributed by atoms with Gasteiger partial charge in [-0.3, -0.25) is 9.59 Å². The summed E-state index contributed by atoms with van der Waals surface area (Å²) in [6.45, 7) is 1.00. The number of ether oxygens (including phenoxy) is 2. The molecule has 2 fully saturated rings. The molecule has 8 nitrogen and oxygen atoms in total. The highest BCUT2D eigenvalue weighted by Gasteiger charge is 2.38. The van der Waals surface area contributed by atoms with Gasteiger partial charge in [-0.15, -0.1) is 0 Å². The zero-order chi connectivity index (χ0) is 36.1. The van der Waals surface area contributed by atoms with E-state index in [2.05, 4.69) is 20.6 Å². The first-order valence-corrected chi connectivity index (χ1v) is 17.1. The average Bonchev–Trinajstić information content (AvgIpc) is 3.74. The van der Waals surface area contributed by atoms with Gasteiger partial charge in [0.05, 0.1) is 31.2 Å². The van der Waals surface area contributed by atoms with E-state index in [0.29, 0.717) is 50.2 Å². The highest BCUT2D eigenvalue weighted by molar-refractivity contribution is 5.82. The van der Waals surface area contributed by atoms with Crippen LogP contribution in [-0.4, -0.2) is 48.5 Å². The van der Waals surface area contributed by atoms with E-state index in [1.54, 1.807) is 18.2 Å². The highest BCUT2D eigenvalue weighted by Crippen LogP contribution is 2.45. The standard InChI is InChI=1S/C39H40F4N4O4/c1-50-37-24(6-3-7-26-15-19-34(49)45-26)13-17-33(47-37)31-11-5-9-29(36(31)40)28-8-4-10-30(35(28)39(41,42)43)32-18-14-25(38(46-32)51-2)22-44-21-23-12-16-27(48)20-23/h4-5,8-11,13-14,17-18,23,26,44H,3,6-7,12,15-16,19-22H2,1-2H3,(H,45,49)/t23-,26-/m1/s1. The predicted molar refractivity (Wildman–Crippen MR) is 185 cm³/mol. The summed E-state index contributed by atoms with van der Waals surface area (Å²) < 4.78 is 72.2. The summed E-state index contributed by atoms with van der Waals surface area (Å²) in [5, 5.41) is 6.26. The molecule has 2 atom stereocenters. The lowest BCUT2D eigenvalue weighted by Gasteiger charge is -2.19. The minimum Gasteiger partial charge on any atom is -0.481 e. The highest BCUT2D eigenvalue weighted by atomic mass is 19.4. The van der Waals surface area contributed by atoms with Crippen LogP contribution < -0.4 is 20.1 Å². The molecule has 4 aromatic rings. The molecule has 3 heterocycles. The van der Waals surface area contributed by atoms with E-state index in [-0.39, 0.29) is 63.2 Å². The lowest BCUT2D eigenvalue weighted by atomic mass is 9.91. The van der Waals surface area contributed by atoms with Crippen LogP contribution in [0.5, 0.6) is 11.8 Å². The molecule has 1 amide bonds.